The zero-order valence-electron chi connectivity index (χ0n) is 19.8. The lowest BCUT2D eigenvalue weighted by Gasteiger charge is -2.30. The van der Waals surface area contributed by atoms with Crippen LogP contribution in [-0.2, 0) is 4.74 Å². The van der Waals surface area contributed by atoms with E-state index in [0.29, 0.717) is 0 Å². The van der Waals surface area contributed by atoms with E-state index in [-0.39, 0.29) is 6.04 Å². The van der Waals surface area contributed by atoms with Crippen molar-refractivity contribution in [2.24, 2.45) is 0 Å². The predicted octanol–water partition coefficient (Wildman–Crippen LogP) is 4.50. The smallest absolute Gasteiger partial charge is 0.148 e. The van der Waals surface area contributed by atoms with Gasteiger partial charge in [0, 0.05) is 51.2 Å². The number of ether oxygens (including phenoxy) is 1. The van der Waals surface area contributed by atoms with Gasteiger partial charge in [0.25, 0.3) is 0 Å². The van der Waals surface area contributed by atoms with Gasteiger partial charge in [-0.05, 0) is 49.2 Å². The third-order valence-electron chi connectivity index (χ3n) is 6.31. The van der Waals surface area contributed by atoms with Crippen molar-refractivity contribution in [3.8, 4) is 0 Å². The molecule has 1 fully saturated rings. The van der Waals surface area contributed by atoms with Crippen LogP contribution in [0.3, 0.4) is 0 Å². The Hall–Kier alpha value is -3.12. The maximum absolute atomic E-state index is 5.51. The van der Waals surface area contributed by atoms with Crippen molar-refractivity contribution in [1.82, 2.24) is 14.9 Å². The Morgan fingerprint density at radius 1 is 1.12 bits per heavy atom. The fraction of sp³-hybridized carbons (Fsp3) is 0.385. The van der Waals surface area contributed by atoms with Crippen LogP contribution in [0.2, 0.25) is 0 Å². The summed E-state index contributed by atoms with van der Waals surface area (Å²) >= 11 is 0. The van der Waals surface area contributed by atoms with Gasteiger partial charge in [0.15, 0.2) is 0 Å². The molecule has 3 aromatic rings. The Balaban J connectivity index is 1.83. The Kier molecular flexibility index (Phi) is 6.33. The summed E-state index contributed by atoms with van der Waals surface area (Å²) in [5, 5.41) is 0. The Labute approximate surface area is 191 Å². The van der Waals surface area contributed by atoms with Crippen molar-refractivity contribution in [1.29, 1.82) is 0 Å². The number of rotatable bonds is 6. The summed E-state index contributed by atoms with van der Waals surface area (Å²) in [6.07, 6.45) is 1.88. The van der Waals surface area contributed by atoms with Crippen LogP contribution in [0.15, 0.2) is 49.2 Å². The summed E-state index contributed by atoms with van der Waals surface area (Å²) in [4.78, 5) is 16.5. The van der Waals surface area contributed by atoms with Crippen molar-refractivity contribution in [2.45, 2.75) is 19.9 Å². The highest BCUT2D eigenvalue weighted by molar-refractivity contribution is 5.84. The van der Waals surface area contributed by atoms with E-state index in [9.17, 15) is 0 Å². The maximum Gasteiger partial charge on any atom is 0.148 e. The van der Waals surface area contributed by atoms with Crippen LogP contribution in [0, 0.1) is 6.92 Å². The molecule has 1 aromatic heterocycles. The lowest BCUT2D eigenvalue weighted by atomic mass is 9.99. The van der Waals surface area contributed by atoms with Gasteiger partial charge in [-0.1, -0.05) is 18.7 Å². The number of fused-ring (bicyclic) bond motifs is 1. The minimum absolute atomic E-state index is 0.100. The number of morpholine rings is 1. The highest BCUT2D eigenvalue weighted by Crippen LogP contribution is 2.33. The zero-order valence-corrected chi connectivity index (χ0v) is 19.8. The van der Waals surface area contributed by atoms with Crippen molar-refractivity contribution in [3.05, 3.63) is 65.9 Å². The normalized spacial score (nSPS) is 15.0. The molecule has 0 N–H and O–H groups in total. The van der Waals surface area contributed by atoms with E-state index >= 15 is 0 Å². The van der Waals surface area contributed by atoms with Gasteiger partial charge in [-0.15, -0.1) is 0 Å². The van der Waals surface area contributed by atoms with Crippen LogP contribution in [0.25, 0.3) is 16.7 Å². The fourth-order valence-corrected chi connectivity index (χ4v) is 4.10. The van der Waals surface area contributed by atoms with Gasteiger partial charge < -0.3 is 19.4 Å². The maximum atomic E-state index is 5.51. The molecule has 1 unspecified atom stereocenters. The zero-order chi connectivity index (χ0) is 22.8. The summed E-state index contributed by atoms with van der Waals surface area (Å²) in [6, 6.07) is 13.0. The predicted molar refractivity (Wildman–Crippen MR) is 133 cm³/mol. The van der Waals surface area contributed by atoms with E-state index in [2.05, 4.69) is 73.7 Å². The second-order valence-electron chi connectivity index (χ2n) is 8.73. The quantitative estimate of drug-likeness (QED) is 0.572. The molecule has 4 rings (SSSR count). The SMILES string of the molecule is C=C(c1cc(C(C)N(C)c2cccc(C)c2)c2nc(N3CCOCC3)cnc2c1)N(C)C. The number of nitrogens with zero attached hydrogens (tertiary/aromatic N) is 5. The van der Waals surface area contributed by atoms with Crippen LogP contribution in [0.1, 0.15) is 29.7 Å². The first kappa shape index (κ1) is 22.1. The molecule has 168 valence electrons. The summed E-state index contributed by atoms with van der Waals surface area (Å²) in [5.74, 6) is 0.909. The molecule has 1 aliphatic rings. The molecule has 0 spiro atoms. The van der Waals surface area contributed by atoms with E-state index in [1.165, 1.54) is 11.3 Å². The van der Waals surface area contributed by atoms with Gasteiger partial charge in [-0.25, -0.2) is 4.98 Å². The molecular formula is C26H33N5O. The lowest BCUT2D eigenvalue weighted by Crippen LogP contribution is -2.36. The summed E-state index contributed by atoms with van der Waals surface area (Å²) in [5.41, 5.74) is 7.42. The standard InChI is InChI=1S/C26H33N5O/c1-18-8-7-9-22(14-18)30(6)20(3)23-15-21(19(2)29(4)5)16-24-26(23)28-25(17-27-24)31-10-12-32-13-11-31/h7-9,14-17,20H,2,10-13H2,1,3-6H3. The number of hydrogen-bond acceptors (Lipinski definition) is 6. The van der Waals surface area contributed by atoms with Crippen LogP contribution in [0.4, 0.5) is 11.5 Å². The first-order chi connectivity index (χ1) is 15.3. The minimum atomic E-state index is 0.100. The topological polar surface area (TPSA) is 44.7 Å². The Bertz CT molecular complexity index is 1120. The van der Waals surface area contributed by atoms with Gasteiger partial charge >= 0.3 is 0 Å². The lowest BCUT2D eigenvalue weighted by molar-refractivity contribution is 0.122. The van der Waals surface area contributed by atoms with E-state index in [0.717, 1.165) is 60.0 Å². The Morgan fingerprint density at radius 3 is 2.56 bits per heavy atom. The number of aryl methyl sites for hydroxylation is 1. The fourth-order valence-electron chi connectivity index (χ4n) is 4.10. The number of benzene rings is 2. The summed E-state index contributed by atoms with van der Waals surface area (Å²) in [7, 11) is 6.17. The molecule has 2 aromatic carbocycles. The first-order valence-electron chi connectivity index (χ1n) is 11.1. The molecule has 0 radical (unpaired) electrons. The third kappa shape index (κ3) is 4.41. The van der Waals surface area contributed by atoms with Crippen LogP contribution in [-0.4, -0.2) is 62.3 Å². The van der Waals surface area contributed by atoms with Crippen molar-refractivity contribution in [3.63, 3.8) is 0 Å². The number of anilines is 2. The van der Waals surface area contributed by atoms with Gasteiger partial charge in [0.2, 0.25) is 0 Å². The molecule has 0 bridgehead atoms. The second-order valence-corrected chi connectivity index (χ2v) is 8.73. The van der Waals surface area contributed by atoms with Crippen LogP contribution < -0.4 is 9.80 Å². The first-order valence-corrected chi connectivity index (χ1v) is 11.1. The van der Waals surface area contributed by atoms with E-state index in [4.69, 9.17) is 14.7 Å². The monoisotopic (exact) mass is 431 g/mol. The molecule has 0 amide bonds. The molecule has 6 heteroatoms. The average Bonchev–Trinajstić information content (AvgIpc) is 2.82. The molecule has 32 heavy (non-hydrogen) atoms. The molecule has 1 saturated heterocycles. The largest absolute Gasteiger partial charge is 0.378 e. The van der Waals surface area contributed by atoms with Gasteiger partial charge in [-0.2, -0.15) is 0 Å². The van der Waals surface area contributed by atoms with Crippen molar-refractivity contribution in [2.75, 3.05) is 57.2 Å². The Morgan fingerprint density at radius 2 is 1.88 bits per heavy atom. The molecule has 1 atom stereocenters. The van der Waals surface area contributed by atoms with Crippen LogP contribution >= 0.6 is 0 Å². The van der Waals surface area contributed by atoms with E-state index < -0.39 is 0 Å². The van der Waals surface area contributed by atoms with Gasteiger partial charge in [0.1, 0.15) is 5.82 Å². The van der Waals surface area contributed by atoms with E-state index in [1.807, 2.05) is 25.2 Å². The molecule has 1 aliphatic heterocycles. The second kappa shape index (κ2) is 9.17. The minimum Gasteiger partial charge on any atom is -0.378 e. The summed E-state index contributed by atoms with van der Waals surface area (Å²) in [6.45, 7) is 11.7. The molecular weight excluding hydrogens is 398 g/mol. The average molecular weight is 432 g/mol. The molecule has 2 heterocycles. The number of aromatic nitrogens is 2. The third-order valence-corrected chi connectivity index (χ3v) is 6.31. The van der Waals surface area contributed by atoms with Gasteiger partial charge in [0.05, 0.1) is 36.5 Å². The highest BCUT2D eigenvalue weighted by Gasteiger charge is 2.21. The van der Waals surface area contributed by atoms with Crippen molar-refractivity contribution < 1.29 is 4.74 Å². The molecule has 0 saturated carbocycles. The number of hydrogen-bond donors (Lipinski definition) is 0. The summed E-state index contributed by atoms with van der Waals surface area (Å²) < 4.78 is 5.51. The molecule has 0 aliphatic carbocycles. The van der Waals surface area contributed by atoms with Crippen LogP contribution in [0.5, 0.6) is 0 Å². The van der Waals surface area contributed by atoms with Gasteiger partial charge in [-0.3, -0.25) is 4.98 Å². The van der Waals surface area contributed by atoms with Crippen molar-refractivity contribution >= 4 is 28.2 Å². The molecule has 6 nitrogen and oxygen atoms in total. The van der Waals surface area contributed by atoms with E-state index in [1.54, 1.807) is 0 Å². The highest BCUT2D eigenvalue weighted by atomic mass is 16.5.